The zero-order valence-corrected chi connectivity index (χ0v) is 7.94. The van der Waals surface area contributed by atoms with E-state index in [0.717, 1.165) is 0 Å². The molecule has 1 aromatic rings. The zero-order chi connectivity index (χ0) is 10.9. The highest BCUT2D eigenvalue weighted by Crippen LogP contribution is 2.27. The molecule has 1 aromatic carbocycles. The van der Waals surface area contributed by atoms with Gasteiger partial charge in [0, 0.05) is 0 Å². The second kappa shape index (κ2) is 3.52. The lowest BCUT2D eigenvalue weighted by Crippen LogP contribution is -2.12. The summed E-state index contributed by atoms with van der Waals surface area (Å²) in [5.41, 5.74) is 1.15. The van der Waals surface area contributed by atoms with Gasteiger partial charge in [-0.05, 0) is 36.6 Å². The molecule has 0 atom stereocenters. The van der Waals surface area contributed by atoms with Gasteiger partial charge < -0.3 is 5.11 Å². The highest BCUT2D eigenvalue weighted by Gasteiger charge is 2.28. The summed E-state index contributed by atoms with van der Waals surface area (Å²) in [6.07, 6.45) is -5.14. The van der Waals surface area contributed by atoms with Gasteiger partial charge in [0.25, 0.3) is 0 Å². The molecule has 0 fully saturated rings. The van der Waals surface area contributed by atoms with Crippen LogP contribution in [0.3, 0.4) is 0 Å². The molecule has 0 heterocycles. The Bertz CT molecular complexity index is 342. The van der Waals surface area contributed by atoms with E-state index >= 15 is 0 Å². The lowest BCUT2D eigenvalue weighted by molar-refractivity contribution is -0.127. The number of hydrogen-bond donors (Lipinski definition) is 1. The van der Waals surface area contributed by atoms with Crippen LogP contribution in [-0.4, -0.2) is 11.3 Å². The first-order valence-electron chi connectivity index (χ1n) is 4.15. The first-order chi connectivity index (χ1) is 6.29. The molecule has 0 bridgehead atoms. The van der Waals surface area contributed by atoms with Crippen molar-refractivity contribution in [3.8, 4) is 5.75 Å². The Morgan fingerprint density at radius 2 is 1.71 bits per heavy atom. The van der Waals surface area contributed by atoms with Gasteiger partial charge in [0.05, 0.1) is 6.42 Å². The van der Waals surface area contributed by atoms with Crippen LogP contribution in [0.4, 0.5) is 13.2 Å². The van der Waals surface area contributed by atoms with Gasteiger partial charge in [0.2, 0.25) is 0 Å². The van der Waals surface area contributed by atoms with Crippen LogP contribution in [-0.2, 0) is 6.42 Å². The number of alkyl halides is 3. The van der Waals surface area contributed by atoms with E-state index in [1.165, 1.54) is 12.1 Å². The highest BCUT2D eigenvalue weighted by atomic mass is 19.4. The van der Waals surface area contributed by atoms with Crippen LogP contribution < -0.4 is 0 Å². The van der Waals surface area contributed by atoms with Crippen molar-refractivity contribution >= 4 is 0 Å². The molecule has 0 radical (unpaired) electrons. The van der Waals surface area contributed by atoms with Crippen molar-refractivity contribution in [3.05, 3.63) is 28.8 Å². The van der Waals surface area contributed by atoms with E-state index in [9.17, 15) is 18.3 Å². The summed E-state index contributed by atoms with van der Waals surface area (Å²) in [7, 11) is 0. The van der Waals surface area contributed by atoms with Gasteiger partial charge in [0.1, 0.15) is 5.75 Å². The smallest absolute Gasteiger partial charge is 0.393 e. The fraction of sp³-hybridized carbons (Fsp3) is 0.400. The predicted molar refractivity (Wildman–Crippen MR) is 47.3 cm³/mol. The number of aryl methyl sites for hydroxylation is 2. The molecule has 4 heteroatoms. The van der Waals surface area contributed by atoms with Crippen molar-refractivity contribution in [2.24, 2.45) is 0 Å². The fourth-order valence-corrected chi connectivity index (χ4v) is 1.27. The van der Waals surface area contributed by atoms with E-state index < -0.39 is 12.6 Å². The van der Waals surface area contributed by atoms with Crippen LogP contribution in [0, 0.1) is 13.8 Å². The minimum Gasteiger partial charge on any atom is -0.508 e. The minimum atomic E-state index is -4.20. The molecule has 0 spiro atoms. The molecule has 1 nitrogen and oxygen atoms in total. The maximum atomic E-state index is 12.1. The summed E-state index contributed by atoms with van der Waals surface area (Å²) in [4.78, 5) is 0. The van der Waals surface area contributed by atoms with Crippen molar-refractivity contribution < 1.29 is 18.3 Å². The van der Waals surface area contributed by atoms with Gasteiger partial charge in [-0.3, -0.25) is 0 Å². The Morgan fingerprint density at radius 1 is 1.14 bits per heavy atom. The molecule has 0 amide bonds. The third-order valence-electron chi connectivity index (χ3n) is 2.05. The largest absolute Gasteiger partial charge is 0.508 e. The van der Waals surface area contributed by atoms with Crippen molar-refractivity contribution in [1.82, 2.24) is 0 Å². The first-order valence-corrected chi connectivity index (χ1v) is 4.15. The van der Waals surface area contributed by atoms with Crippen molar-refractivity contribution in [1.29, 1.82) is 0 Å². The van der Waals surface area contributed by atoms with Crippen LogP contribution in [0.25, 0.3) is 0 Å². The standard InChI is InChI=1S/C10H11F3O/c1-6-4-9(14)7(2)3-8(6)5-10(11,12)13/h3-4,14H,5H2,1-2H3. The number of phenols is 1. The molecule has 78 valence electrons. The average molecular weight is 204 g/mol. The number of rotatable bonds is 1. The predicted octanol–water partition coefficient (Wildman–Crippen LogP) is 3.11. The van der Waals surface area contributed by atoms with E-state index in [2.05, 4.69) is 0 Å². The summed E-state index contributed by atoms with van der Waals surface area (Å²) in [5, 5.41) is 9.24. The molecule has 0 saturated heterocycles. The Labute approximate surface area is 80.2 Å². The van der Waals surface area contributed by atoms with Crippen LogP contribution in [0.15, 0.2) is 12.1 Å². The van der Waals surface area contributed by atoms with Crippen LogP contribution in [0.2, 0.25) is 0 Å². The van der Waals surface area contributed by atoms with Crippen LogP contribution >= 0.6 is 0 Å². The van der Waals surface area contributed by atoms with E-state index in [0.29, 0.717) is 11.1 Å². The Hall–Kier alpha value is -1.19. The van der Waals surface area contributed by atoms with Crippen LogP contribution in [0.1, 0.15) is 16.7 Å². The van der Waals surface area contributed by atoms with Gasteiger partial charge in [-0.2, -0.15) is 13.2 Å². The number of phenolic OH excluding ortho intramolecular Hbond substituents is 1. The normalized spacial score (nSPS) is 11.8. The number of halogens is 3. The molecule has 1 N–H and O–H groups in total. The molecule has 1 rings (SSSR count). The molecule has 0 aliphatic rings. The lowest BCUT2D eigenvalue weighted by Gasteiger charge is -2.11. The van der Waals surface area contributed by atoms with Gasteiger partial charge >= 0.3 is 6.18 Å². The summed E-state index contributed by atoms with van der Waals surface area (Å²) in [6.45, 7) is 3.13. The molecule has 0 aromatic heterocycles. The number of benzene rings is 1. The van der Waals surface area contributed by atoms with Gasteiger partial charge in [-0.25, -0.2) is 0 Å². The van der Waals surface area contributed by atoms with Gasteiger partial charge in [-0.1, -0.05) is 6.07 Å². The third kappa shape index (κ3) is 2.65. The van der Waals surface area contributed by atoms with E-state index in [1.807, 2.05) is 0 Å². The van der Waals surface area contributed by atoms with Gasteiger partial charge in [0.15, 0.2) is 0 Å². The summed E-state index contributed by atoms with van der Waals surface area (Å²) in [5.74, 6) is 0.0356. The second-order valence-corrected chi connectivity index (χ2v) is 3.36. The number of aromatic hydroxyl groups is 1. The SMILES string of the molecule is Cc1cc(CC(F)(F)F)c(C)cc1O. The topological polar surface area (TPSA) is 20.2 Å². The average Bonchev–Trinajstić information content (AvgIpc) is 1.97. The summed E-state index contributed by atoms with van der Waals surface area (Å²) in [6, 6.07) is 2.73. The molecule has 0 aliphatic heterocycles. The Balaban J connectivity index is 3.04. The second-order valence-electron chi connectivity index (χ2n) is 3.36. The van der Waals surface area contributed by atoms with Crippen LogP contribution in [0.5, 0.6) is 5.75 Å². The van der Waals surface area contributed by atoms with E-state index in [-0.39, 0.29) is 11.3 Å². The van der Waals surface area contributed by atoms with E-state index in [1.54, 1.807) is 13.8 Å². The van der Waals surface area contributed by atoms with Crippen molar-refractivity contribution in [3.63, 3.8) is 0 Å². The lowest BCUT2D eigenvalue weighted by atomic mass is 10.0. The minimum absolute atomic E-state index is 0.0356. The molecular weight excluding hydrogens is 193 g/mol. The molecular formula is C10H11F3O. The molecule has 0 saturated carbocycles. The van der Waals surface area contributed by atoms with E-state index in [4.69, 9.17) is 0 Å². The molecule has 0 aliphatic carbocycles. The fourth-order valence-electron chi connectivity index (χ4n) is 1.27. The Morgan fingerprint density at radius 3 is 2.21 bits per heavy atom. The summed E-state index contributed by atoms with van der Waals surface area (Å²) >= 11 is 0. The quantitative estimate of drug-likeness (QED) is 0.745. The summed E-state index contributed by atoms with van der Waals surface area (Å²) < 4.78 is 36.3. The first kappa shape index (κ1) is 10.9. The number of hydrogen-bond acceptors (Lipinski definition) is 1. The third-order valence-corrected chi connectivity index (χ3v) is 2.05. The van der Waals surface area contributed by atoms with Crippen molar-refractivity contribution in [2.75, 3.05) is 0 Å². The monoisotopic (exact) mass is 204 g/mol. The maximum absolute atomic E-state index is 12.1. The van der Waals surface area contributed by atoms with Gasteiger partial charge in [-0.15, -0.1) is 0 Å². The van der Waals surface area contributed by atoms with Crippen molar-refractivity contribution in [2.45, 2.75) is 26.4 Å². The zero-order valence-electron chi connectivity index (χ0n) is 7.94. The Kier molecular flexibility index (Phi) is 2.73. The molecule has 14 heavy (non-hydrogen) atoms. The highest BCUT2D eigenvalue weighted by molar-refractivity contribution is 5.40. The molecule has 0 unspecified atom stereocenters. The maximum Gasteiger partial charge on any atom is 0.393 e.